The third kappa shape index (κ3) is 17.1. The predicted octanol–water partition coefficient (Wildman–Crippen LogP) is 6.30. The Morgan fingerprint density at radius 1 is 1.17 bits per heavy atom. The van der Waals surface area contributed by atoms with Gasteiger partial charge in [-0.2, -0.15) is 11.8 Å². The SMILES string of the molecule is CCC.CCSC.COC(=O)CNC(=O)C(Cc1ccccc1)NCC/C=C/C1CSC(C)(C)N1C(=O)OC(C)(C)C. The summed E-state index contributed by atoms with van der Waals surface area (Å²) >= 11 is 3.58. The van der Waals surface area contributed by atoms with Crippen LogP contribution in [0.2, 0.25) is 0 Å². The number of carbonyl (C=O) groups is 3. The predicted molar refractivity (Wildman–Crippen MR) is 179 cm³/mol. The molecule has 1 saturated heterocycles. The Morgan fingerprint density at radius 2 is 1.76 bits per heavy atom. The lowest BCUT2D eigenvalue weighted by molar-refractivity contribution is -0.141. The van der Waals surface area contributed by atoms with Crippen molar-refractivity contribution in [1.29, 1.82) is 0 Å². The molecule has 0 bridgehead atoms. The quantitative estimate of drug-likeness (QED) is 0.168. The van der Waals surface area contributed by atoms with Crippen molar-refractivity contribution in [3.05, 3.63) is 48.0 Å². The topological polar surface area (TPSA) is 97.0 Å². The highest BCUT2D eigenvalue weighted by molar-refractivity contribution is 8.00. The van der Waals surface area contributed by atoms with Crippen molar-refractivity contribution in [2.75, 3.05) is 38.0 Å². The largest absolute Gasteiger partial charge is 0.468 e. The molecule has 42 heavy (non-hydrogen) atoms. The third-order valence-corrected chi connectivity index (χ3v) is 7.68. The van der Waals surface area contributed by atoms with Crippen LogP contribution in [0.4, 0.5) is 4.79 Å². The molecule has 0 aromatic heterocycles. The van der Waals surface area contributed by atoms with Gasteiger partial charge in [0.25, 0.3) is 0 Å². The zero-order chi connectivity index (χ0) is 32.2. The molecular weight excluding hydrogens is 571 g/mol. The fraction of sp³-hybridized carbons (Fsp3) is 0.656. The lowest BCUT2D eigenvalue weighted by atomic mass is 10.1. The van der Waals surface area contributed by atoms with E-state index >= 15 is 0 Å². The maximum atomic E-state index is 12.8. The lowest BCUT2D eigenvalue weighted by Gasteiger charge is -2.35. The molecule has 0 aliphatic carbocycles. The normalized spacial score (nSPS) is 16.4. The van der Waals surface area contributed by atoms with E-state index in [0.29, 0.717) is 19.4 Å². The summed E-state index contributed by atoms with van der Waals surface area (Å²) in [6, 6.07) is 9.16. The van der Waals surface area contributed by atoms with Gasteiger partial charge in [0, 0.05) is 5.75 Å². The van der Waals surface area contributed by atoms with Gasteiger partial charge in [0.05, 0.1) is 24.1 Å². The summed E-state index contributed by atoms with van der Waals surface area (Å²) < 4.78 is 10.2. The molecule has 2 atom stereocenters. The number of nitrogens with zero attached hydrogens (tertiary/aromatic N) is 1. The summed E-state index contributed by atoms with van der Waals surface area (Å²) in [4.78, 5) is 38.4. The van der Waals surface area contributed by atoms with Crippen LogP contribution >= 0.6 is 23.5 Å². The Labute approximate surface area is 263 Å². The first-order valence-corrected chi connectivity index (χ1v) is 17.1. The molecule has 1 aromatic rings. The Morgan fingerprint density at radius 3 is 2.29 bits per heavy atom. The Bertz CT molecular complexity index is 934. The van der Waals surface area contributed by atoms with Gasteiger partial charge >= 0.3 is 12.1 Å². The number of nitrogens with one attached hydrogen (secondary N) is 2. The van der Waals surface area contributed by atoms with E-state index in [4.69, 9.17) is 4.74 Å². The molecule has 0 spiro atoms. The number of hydrogen-bond donors (Lipinski definition) is 2. The van der Waals surface area contributed by atoms with Crippen LogP contribution in [0.25, 0.3) is 0 Å². The molecule has 1 aliphatic rings. The molecule has 1 aliphatic heterocycles. The molecule has 2 N–H and O–H groups in total. The van der Waals surface area contributed by atoms with Crippen LogP contribution in [0.15, 0.2) is 42.5 Å². The molecule has 240 valence electrons. The first-order chi connectivity index (χ1) is 19.8. The summed E-state index contributed by atoms with van der Waals surface area (Å²) in [7, 11) is 1.29. The van der Waals surface area contributed by atoms with E-state index in [-0.39, 0.29) is 29.5 Å². The minimum absolute atomic E-state index is 0.0617. The molecule has 10 heteroatoms. The van der Waals surface area contributed by atoms with E-state index in [0.717, 1.165) is 11.3 Å². The highest BCUT2D eigenvalue weighted by Crippen LogP contribution is 2.40. The number of carbonyl (C=O) groups excluding carboxylic acids is 3. The van der Waals surface area contributed by atoms with E-state index in [1.807, 2.05) is 88.9 Å². The van der Waals surface area contributed by atoms with Crippen molar-refractivity contribution >= 4 is 41.5 Å². The summed E-state index contributed by atoms with van der Waals surface area (Å²) in [5.41, 5.74) is 0.466. The van der Waals surface area contributed by atoms with E-state index in [1.54, 1.807) is 16.7 Å². The van der Waals surface area contributed by atoms with Crippen molar-refractivity contribution in [2.24, 2.45) is 0 Å². The molecule has 2 amide bonds. The van der Waals surface area contributed by atoms with E-state index < -0.39 is 17.6 Å². The number of benzene rings is 1. The molecule has 1 heterocycles. The number of amides is 2. The number of hydrogen-bond acceptors (Lipinski definition) is 8. The van der Waals surface area contributed by atoms with Gasteiger partial charge in [-0.05, 0) is 71.6 Å². The second kappa shape index (κ2) is 21.5. The second-order valence-electron chi connectivity index (χ2n) is 11.2. The highest BCUT2D eigenvalue weighted by atomic mass is 32.2. The Kier molecular flexibility index (Phi) is 20.4. The van der Waals surface area contributed by atoms with Crippen LogP contribution in [0.3, 0.4) is 0 Å². The van der Waals surface area contributed by atoms with Crippen LogP contribution < -0.4 is 10.6 Å². The molecule has 0 radical (unpaired) electrons. The number of ether oxygens (including phenoxy) is 2. The standard InChI is InChI=1S/C26H39N3O5S.C3H8S.C3H8/c1-25(2,3)34-24(32)29-20(18-35-26(29,4)5)14-10-11-15-27-21(16-19-12-8-7-9-13-19)23(31)28-17-22(30)33-6;1-3-4-2;1-3-2/h7-10,12-14,20-21,27H,11,15-18H2,1-6H3,(H,28,31);3H2,1-2H3;3H2,1-2H3/b14-10+;;. The molecule has 8 nitrogen and oxygen atoms in total. The van der Waals surface area contributed by atoms with Gasteiger partial charge in [0.15, 0.2) is 0 Å². The van der Waals surface area contributed by atoms with Gasteiger partial charge < -0.3 is 20.1 Å². The molecule has 2 rings (SSSR count). The maximum absolute atomic E-state index is 12.8. The van der Waals surface area contributed by atoms with Gasteiger partial charge in [-0.3, -0.25) is 14.5 Å². The second-order valence-corrected chi connectivity index (χ2v) is 13.9. The smallest absolute Gasteiger partial charge is 0.411 e. The number of esters is 1. The maximum Gasteiger partial charge on any atom is 0.411 e. The Hall–Kier alpha value is -2.17. The van der Waals surface area contributed by atoms with Gasteiger partial charge in [-0.15, -0.1) is 11.8 Å². The van der Waals surface area contributed by atoms with Gasteiger partial charge in [-0.25, -0.2) is 4.79 Å². The van der Waals surface area contributed by atoms with Crippen LogP contribution in [0.1, 0.15) is 73.8 Å². The van der Waals surface area contributed by atoms with Gasteiger partial charge in [-0.1, -0.05) is 69.7 Å². The van der Waals surface area contributed by atoms with Gasteiger partial charge in [0.2, 0.25) is 5.91 Å². The fourth-order valence-corrected chi connectivity index (χ4v) is 4.88. The summed E-state index contributed by atoms with van der Waals surface area (Å²) in [6.07, 6.45) is 8.28. The van der Waals surface area contributed by atoms with E-state index in [9.17, 15) is 14.4 Å². The summed E-state index contributed by atoms with van der Waals surface area (Å²) in [5, 5.41) is 5.92. The van der Waals surface area contributed by atoms with Crippen LogP contribution in [0.5, 0.6) is 0 Å². The van der Waals surface area contributed by atoms with Crippen LogP contribution in [-0.4, -0.2) is 83.4 Å². The van der Waals surface area contributed by atoms with Gasteiger partial charge in [0.1, 0.15) is 12.1 Å². The monoisotopic (exact) mass is 625 g/mol. The van der Waals surface area contributed by atoms with E-state index in [2.05, 4.69) is 42.4 Å². The van der Waals surface area contributed by atoms with Crippen molar-refractivity contribution in [3.63, 3.8) is 0 Å². The minimum Gasteiger partial charge on any atom is -0.468 e. The molecule has 1 aromatic carbocycles. The van der Waals surface area contributed by atoms with Crippen molar-refractivity contribution in [3.8, 4) is 0 Å². The van der Waals surface area contributed by atoms with E-state index in [1.165, 1.54) is 19.3 Å². The van der Waals surface area contributed by atoms with Crippen molar-refractivity contribution in [2.45, 2.75) is 97.2 Å². The third-order valence-electron chi connectivity index (χ3n) is 5.69. The molecular formula is C32H55N3O5S2. The fourth-order valence-electron chi connectivity index (χ4n) is 3.70. The highest BCUT2D eigenvalue weighted by Gasteiger charge is 2.44. The summed E-state index contributed by atoms with van der Waals surface area (Å²) in [6.45, 7) is 16.4. The van der Waals surface area contributed by atoms with Crippen molar-refractivity contribution < 1.29 is 23.9 Å². The van der Waals surface area contributed by atoms with Crippen LogP contribution in [-0.2, 0) is 25.5 Å². The zero-order valence-electron chi connectivity index (χ0n) is 27.5. The average molecular weight is 626 g/mol. The first-order valence-electron chi connectivity index (χ1n) is 14.7. The number of thioether (sulfide) groups is 2. The Balaban J connectivity index is 0.00000216. The molecule has 2 unspecified atom stereocenters. The number of rotatable bonds is 11. The minimum atomic E-state index is -0.555. The average Bonchev–Trinajstić information content (AvgIpc) is 3.24. The van der Waals surface area contributed by atoms with Crippen molar-refractivity contribution in [1.82, 2.24) is 15.5 Å². The molecule has 0 saturated carbocycles. The zero-order valence-corrected chi connectivity index (χ0v) is 29.1. The summed E-state index contributed by atoms with van der Waals surface area (Å²) in [5.74, 6) is 1.28. The molecule has 1 fully saturated rings. The van der Waals surface area contributed by atoms with Crippen LogP contribution in [0, 0.1) is 0 Å². The first kappa shape index (κ1) is 39.8. The number of methoxy groups -OCH3 is 1. The lowest BCUT2D eigenvalue weighted by Crippen LogP contribution is -2.48.